The van der Waals surface area contributed by atoms with E-state index in [9.17, 15) is 0 Å². The van der Waals surface area contributed by atoms with E-state index in [0.29, 0.717) is 12.1 Å². The molecule has 1 aromatic carbocycles. The summed E-state index contributed by atoms with van der Waals surface area (Å²) >= 11 is 0. The first-order valence-electron chi connectivity index (χ1n) is 7.72. The Bertz CT molecular complexity index is 431. The summed E-state index contributed by atoms with van der Waals surface area (Å²) in [5.41, 5.74) is 2.91. The first kappa shape index (κ1) is 15.3. The molecule has 1 aromatic rings. The maximum Gasteiger partial charge on any atom is 0.119 e. The fourth-order valence-corrected chi connectivity index (χ4v) is 2.78. The van der Waals surface area contributed by atoms with E-state index in [2.05, 4.69) is 49.3 Å². The normalized spacial score (nSPS) is 17.8. The van der Waals surface area contributed by atoms with Gasteiger partial charge in [-0.05, 0) is 76.5 Å². The number of methoxy groups -OCH3 is 1. The highest BCUT2D eigenvalue weighted by molar-refractivity contribution is 5.40. The van der Waals surface area contributed by atoms with Gasteiger partial charge in [-0.1, -0.05) is 6.07 Å². The van der Waals surface area contributed by atoms with Crippen LogP contribution in [0.15, 0.2) is 18.2 Å². The molecule has 0 saturated heterocycles. The van der Waals surface area contributed by atoms with Gasteiger partial charge in [0, 0.05) is 12.1 Å². The highest BCUT2D eigenvalue weighted by Crippen LogP contribution is 2.33. The van der Waals surface area contributed by atoms with Crippen LogP contribution in [0.1, 0.15) is 43.9 Å². The Balaban J connectivity index is 1.82. The molecule has 1 unspecified atom stereocenters. The van der Waals surface area contributed by atoms with Gasteiger partial charge in [-0.25, -0.2) is 0 Å². The van der Waals surface area contributed by atoms with Gasteiger partial charge in [0.05, 0.1) is 7.11 Å². The maximum atomic E-state index is 5.34. The largest absolute Gasteiger partial charge is 0.497 e. The van der Waals surface area contributed by atoms with E-state index in [0.717, 1.165) is 18.8 Å². The summed E-state index contributed by atoms with van der Waals surface area (Å²) in [6.07, 6.45) is 3.59. The molecule has 1 aliphatic rings. The molecule has 0 radical (unpaired) electrons. The van der Waals surface area contributed by atoms with Gasteiger partial charge in [0.15, 0.2) is 0 Å². The van der Waals surface area contributed by atoms with Gasteiger partial charge in [0.25, 0.3) is 0 Å². The summed E-state index contributed by atoms with van der Waals surface area (Å²) < 4.78 is 5.34. The fourth-order valence-electron chi connectivity index (χ4n) is 2.78. The van der Waals surface area contributed by atoms with Gasteiger partial charge >= 0.3 is 0 Å². The lowest BCUT2D eigenvalue weighted by Gasteiger charge is -2.21. The van der Waals surface area contributed by atoms with Crippen molar-refractivity contribution in [1.82, 2.24) is 10.2 Å². The topological polar surface area (TPSA) is 24.5 Å². The number of hydrogen-bond donors (Lipinski definition) is 1. The molecule has 1 atom stereocenters. The summed E-state index contributed by atoms with van der Waals surface area (Å²) in [6, 6.07) is 7.61. The molecular weight excluding hydrogens is 248 g/mol. The standard InChI is InChI=1S/C17H28N2O/c1-13(2)19(3)11-5-10-18-17-9-7-14-6-8-15(20-4)12-16(14)17/h6,8,12-13,17-18H,5,7,9-11H2,1-4H3. The van der Waals surface area contributed by atoms with Gasteiger partial charge in [0.1, 0.15) is 5.75 Å². The minimum absolute atomic E-state index is 0.504. The summed E-state index contributed by atoms with van der Waals surface area (Å²) in [4.78, 5) is 2.40. The van der Waals surface area contributed by atoms with Crippen LogP contribution in [-0.2, 0) is 6.42 Å². The van der Waals surface area contributed by atoms with Crippen LogP contribution in [0.4, 0.5) is 0 Å². The van der Waals surface area contributed by atoms with Gasteiger partial charge in [-0.15, -0.1) is 0 Å². The smallest absolute Gasteiger partial charge is 0.119 e. The predicted molar refractivity (Wildman–Crippen MR) is 84.4 cm³/mol. The third-order valence-corrected chi connectivity index (χ3v) is 4.39. The molecule has 0 spiro atoms. The molecular formula is C17H28N2O. The summed E-state index contributed by atoms with van der Waals surface area (Å²) in [5.74, 6) is 0.969. The van der Waals surface area contributed by atoms with Crippen molar-refractivity contribution in [3.8, 4) is 5.75 Å². The van der Waals surface area contributed by atoms with Crippen molar-refractivity contribution in [2.45, 2.75) is 45.2 Å². The van der Waals surface area contributed by atoms with Crippen LogP contribution in [0, 0.1) is 0 Å². The zero-order valence-electron chi connectivity index (χ0n) is 13.3. The van der Waals surface area contributed by atoms with E-state index < -0.39 is 0 Å². The van der Waals surface area contributed by atoms with E-state index in [1.54, 1.807) is 7.11 Å². The van der Waals surface area contributed by atoms with Gasteiger partial charge < -0.3 is 15.0 Å². The second-order valence-corrected chi connectivity index (χ2v) is 6.04. The van der Waals surface area contributed by atoms with Crippen LogP contribution in [0.2, 0.25) is 0 Å². The average molecular weight is 276 g/mol. The lowest BCUT2D eigenvalue weighted by molar-refractivity contribution is 0.267. The zero-order valence-corrected chi connectivity index (χ0v) is 13.3. The van der Waals surface area contributed by atoms with Crippen molar-refractivity contribution in [2.24, 2.45) is 0 Å². The third-order valence-electron chi connectivity index (χ3n) is 4.39. The molecule has 0 amide bonds. The maximum absolute atomic E-state index is 5.34. The SMILES string of the molecule is COc1ccc2c(c1)C(NCCCN(C)C(C)C)CC2. The number of nitrogens with zero attached hydrogens (tertiary/aromatic N) is 1. The second kappa shape index (κ2) is 7.09. The van der Waals surface area contributed by atoms with Crippen molar-refractivity contribution in [3.05, 3.63) is 29.3 Å². The Morgan fingerprint density at radius 2 is 2.20 bits per heavy atom. The van der Waals surface area contributed by atoms with E-state index in [4.69, 9.17) is 4.74 Å². The van der Waals surface area contributed by atoms with Crippen LogP contribution < -0.4 is 10.1 Å². The molecule has 1 aliphatic carbocycles. The number of benzene rings is 1. The van der Waals surface area contributed by atoms with Crippen molar-refractivity contribution in [2.75, 3.05) is 27.2 Å². The molecule has 0 saturated carbocycles. The lowest BCUT2D eigenvalue weighted by atomic mass is 10.1. The third kappa shape index (κ3) is 3.74. The van der Waals surface area contributed by atoms with Crippen molar-refractivity contribution in [1.29, 1.82) is 0 Å². The van der Waals surface area contributed by atoms with E-state index >= 15 is 0 Å². The molecule has 0 bridgehead atoms. The first-order valence-corrected chi connectivity index (χ1v) is 7.72. The average Bonchev–Trinajstić information content (AvgIpc) is 2.85. The molecule has 0 heterocycles. The van der Waals surface area contributed by atoms with Crippen LogP contribution >= 0.6 is 0 Å². The molecule has 1 N–H and O–H groups in total. The van der Waals surface area contributed by atoms with Crippen LogP contribution in [0.5, 0.6) is 5.75 Å². The molecule has 3 nitrogen and oxygen atoms in total. The number of rotatable bonds is 7. The number of fused-ring (bicyclic) bond motifs is 1. The molecule has 2 rings (SSSR count). The summed E-state index contributed by atoms with van der Waals surface area (Å²) in [7, 11) is 3.93. The van der Waals surface area contributed by atoms with Crippen molar-refractivity contribution < 1.29 is 4.74 Å². The number of hydrogen-bond acceptors (Lipinski definition) is 3. The Hall–Kier alpha value is -1.06. The Kier molecular flexibility index (Phi) is 5.44. The van der Waals surface area contributed by atoms with Crippen molar-refractivity contribution in [3.63, 3.8) is 0 Å². The van der Waals surface area contributed by atoms with E-state index in [1.165, 1.54) is 30.4 Å². The minimum atomic E-state index is 0.504. The number of aryl methyl sites for hydroxylation is 1. The quantitative estimate of drug-likeness (QED) is 0.775. The zero-order chi connectivity index (χ0) is 14.5. The van der Waals surface area contributed by atoms with Gasteiger partial charge in [0.2, 0.25) is 0 Å². The molecule has 20 heavy (non-hydrogen) atoms. The highest BCUT2D eigenvalue weighted by Gasteiger charge is 2.22. The van der Waals surface area contributed by atoms with Gasteiger partial charge in [-0.3, -0.25) is 0 Å². The predicted octanol–water partition coefficient (Wildman–Crippen LogP) is 3.00. The summed E-state index contributed by atoms with van der Waals surface area (Å²) in [5, 5.41) is 3.70. The first-order chi connectivity index (χ1) is 9.61. The van der Waals surface area contributed by atoms with Gasteiger partial charge in [-0.2, -0.15) is 0 Å². The molecule has 0 aliphatic heterocycles. The van der Waals surface area contributed by atoms with E-state index in [-0.39, 0.29) is 0 Å². The molecule has 0 fully saturated rings. The summed E-state index contributed by atoms with van der Waals surface area (Å²) in [6.45, 7) is 6.72. The Labute approximate surface area is 123 Å². The van der Waals surface area contributed by atoms with Crippen molar-refractivity contribution >= 4 is 0 Å². The molecule has 3 heteroatoms. The lowest BCUT2D eigenvalue weighted by Crippen LogP contribution is -2.30. The van der Waals surface area contributed by atoms with E-state index in [1.807, 2.05) is 0 Å². The van der Waals surface area contributed by atoms with Crippen LogP contribution in [0.25, 0.3) is 0 Å². The Morgan fingerprint density at radius 3 is 2.90 bits per heavy atom. The number of nitrogens with one attached hydrogen (secondary N) is 1. The molecule has 0 aromatic heterocycles. The minimum Gasteiger partial charge on any atom is -0.497 e. The van der Waals surface area contributed by atoms with Crippen LogP contribution in [-0.4, -0.2) is 38.2 Å². The highest BCUT2D eigenvalue weighted by atomic mass is 16.5. The van der Waals surface area contributed by atoms with Crippen LogP contribution in [0.3, 0.4) is 0 Å². The number of ether oxygens (including phenoxy) is 1. The second-order valence-electron chi connectivity index (χ2n) is 6.04. The molecule has 112 valence electrons. The Morgan fingerprint density at radius 1 is 1.40 bits per heavy atom. The monoisotopic (exact) mass is 276 g/mol. The fraction of sp³-hybridized carbons (Fsp3) is 0.647.